The molecule has 1 N–H and O–H groups in total. The van der Waals surface area contributed by atoms with Crippen molar-refractivity contribution < 1.29 is 5.11 Å². The largest absolute Gasteiger partial charge is 0.392 e. The topological polar surface area (TPSA) is 20.2 Å². The summed E-state index contributed by atoms with van der Waals surface area (Å²) in [6, 6.07) is 0. The number of hydrogen-bond acceptors (Lipinski definition) is 1. The monoisotopic (exact) mass is 194 g/mol. The Morgan fingerprint density at radius 1 is 1.36 bits per heavy atom. The molecule has 0 saturated heterocycles. The second-order valence-electron chi connectivity index (χ2n) is 5.99. The molecule has 0 aromatic heterocycles. The SMILES string of the molecule is CCC12C(C)CCCC13C(O)C3C2C. The Balaban J connectivity index is 2.02. The fraction of sp³-hybridized carbons (Fsp3) is 1.00. The zero-order valence-corrected chi connectivity index (χ0v) is 9.59. The van der Waals surface area contributed by atoms with Gasteiger partial charge in [0.05, 0.1) is 6.10 Å². The number of aliphatic hydroxyl groups is 1. The Hall–Kier alpha value is -0.0400. The van der Waals surface area contributed by atoms with E-state index in [0.29, 0.717) is 16.7 Å². The van der Waals surface area contributed by atoms with Crippen molar-refractivity contribution in [2.75, 3.05) is 0 Å². The summed E-state index contributed by atoms with van der Waals surface area (Å²) in [5.74, 6) is 2.28. The van der Waals surface area contributed by atoms with Gasteiger partial charge in [-0.05, 0) is 36.0 Å². The summed E-state index contributed by atoms with van der Waals surface area (Å²) in [7, 11) is 0. The highest BCUT2D eigenvalue weighted by molar-refractivity contribution is 5.33. The molecule has 1 heteroatoms. The average molecular weight is 194 g/mol. The van der Waals surface area contributed by atoms with Gasteiger partial charge in [-0.25, -0.2) is 0 Å². The highest BCUT2D eigenvalue weighted by Crippen LogP contribution is 2.86. The van der Waals surface area contributed by atoms with E-state index >= 15 is 0 Å². The molecular weight excluding hydrogens is 172 g/mol. The van der Waals surface area contributed by atoms with Gasteiger partial charge < -0.3 is 5.11 Å². The van der Waals surface area contributed by atoms with Crippen molar-refractivity contribution in [3.8, 4) is 0 Å². The minimum atomic E-state index is 0.0557. The van der Waals surface area contributed by atoms with Gasteiger partial charge in [-0.3, -0.25) is 0 Å². The molecule has 1 nitrogen and oxygen atoms in total. The summed E-state index contributed by atoms with van der Waals surface area (Å²) in [5, 5.41) is 10.1. The van der Waals surface area contributed by atoms with Gasteiger partial charge in [-0.15, -0.1) is 0 Å². The lowest BCUT2D eigenvalue weighted by molar-refractivity contribution is -0.136. The van der Waals surface area contributed by atoms with Crippen molar-refractivity contribution in [1.82, 2.24) is 0 Å². The molecule has 0 aliphatic heterocycles. The summed E-state index contributed by atoms with van der Waals surface area (Å²) in [4.78, 5) is 0. The van der Waals surface area contributed by atoms with Gasteiger partial charge in [0.1, 0.15) is 0 Å². The first-order valence-electron chi connectivity index (χ1n) is 6.31. The van der Waals surface area contributed by atoms with Crippen LogP contribution >= 0.6 is 0 Å². The summed E-state index contributed by atoms with van der Waals surface area (Å²) in [6.45, 7) is 7.13. The number of rotatable bonds is 1. The van der Waals surface area contributed by atoms with Gasteiger partial charge in [0.15, 0.2) is 0 Å². The molecule has 14 heavy (non-hydrogen) atoms. The lowest BCUT2D eigenvalue weighted by Gasteiger charge is -2.60. The van der Waals surface area contributed by atoms with E-state index < -0.39 is 0 Å². The van der Waals surface area contributed by atoms with E-state index in [1.807, 2.05) is 0 Å². The fourth-order valence-electron chi connectivity index (χ4n) is 5.81. The third-order valence-electron chi connectivity index (χ3n) is 6.26. The predicted octanol–water partition coefficient (Wildman–Crippen LogP) is 2.83. The molecule has 3 aliphatic rings. The molecule has 0 aromatic rings. The minimum Gasteiger partial charge on any atom is -0.392 e. The van der Waals surface area contributed by atoms with Gasteiger partial charge in [-0.2, -0.15) is 0 Å². The van der Waals surface area contributed by atoms with Crippen LogP contribution < -0.4 is 0 Å². The fourth-order valence-corrected chi connectivity index (χ4v) is 5.81. The highest BCUT2D eigenvalue weighted by Gasteiger charge is 2.86. The van der Waals surface area contributed by atoms with E-state index in [0.717, 1.165) is 11.8 Å². The Labute approximate surface area is 86.9 Å². The summed E-state index contributed by atoms with van der Waals surface area (Å²) >= 11 is 0. The van der Waals surface area contributed by atoms with Crippen LogP contribution in [0.1, 0.15) is 46.5 Å². The van der Waals surface area contributed by atoms with Gasteiger partial charge >= 0.3 is 0 Å². The van der Waals surface area contributed by atoms with Crippen LogP contribution in [0.4, 0.5) is 0 Å². The third-order valence-corrected chi connectivity index (χ3v) is 6.26. The molecule has 6 atom stereocenters. The normalized spacial score (nSPS) is 65.1. The van der Waals surface area contributed by atoms with E-state index in [2.05, 4.69) is 20.8 Å². The molecular formula is C13H22O. The second-order valence-corrected chi connectivity index (χ2v) is 5.99. The van der Waals surface area contributed by atoms with Crippen LogP contribution in [0.3, 0.4) is 0 Å². The lowest BCUT2D eigenvalue weighted by Crippen LogP contribution is -2.55. The Bertz CT molecular complexity index is 268. The van der Waals surface area contributed by atoms with E-state index in [9.17, 15) is 5.11 Å². The van der Waals surface area contributed by atoms with Crippen LogP contribution in [0.2, 0.25) is 0 Å². The Morgan fingerprint density at radius 2 is 2.07 bits per heavy atom. The Morgan fingerprint density at radius 3 is 2.57 bits per heavy atom. The van der Waals surface area contributed by atoms with Crippen molar-refractivity contribution in [3.63, 3.8) is 0 Å². The van der Waals surface area contributed by atoms with Crippen LogP contribution in [0.25, 0.3) is 0 Å². The maximum absolute atomic E-state index is 10.1. The van der Waals surface area contributed by atoms with E-state index in [-0.39, 0.29) is 6.10 Å². The Kier molecular flexibility index (Phi) is 1.56. The molecule has 3 fully saturated rings. The molecule has 1 spiro atoms. The smallest absolute Gasteiger partial charge is 0.0643 e. The molecule has 3 aliphatic carbocycles. The zero-order valence-electron chi connectivity index (χ0n) is 9.59. The van der Waals surface area contributed by atoms with Crippen molar-refractivity contribution in [1.29, 1.82) is 0 Å². The maximum Gasteiger partial charge on any atom is 0.0643 e. The molecule has 0 heterocycles. The van der Waals surface area contributed by atoms with Gasteiger partial charge in [-0.1, -0.05) is 33.6 Å². The molecule has 0 aromatic carbocycles. The van der Waals surface area contributed by atoms with Crippen LogP contribution in [-0.4, -0.2) is 11.2 Å². The first-order chi connectivity index (χ1) is 6.63. The van der Waals surface area contributed by atoms with E-state index in [1.54, 1.807) is 0 Å². The number of hydrogen-bond donors (Lipinski definition) is 1. The number of aliphatic hydroxyl groups excluding tert-OH is 1. The molecule has 0 radical (unpaired) electrons. The minimum absolute atomic E-state index is 0.0557. The maximum atomic E-state index is 10.1. The summed E-state index contributed by atoms with van der Waals surface area (Å²) < 4.78 is 0. The van der Waals surface area contributed by atoms with Crippen LogP contribution in [0.15, 0.2) is 0 Å². The lowest BCUT2D eigenvalue weighted by atomic mass is 9.43. The molecule has 3 saturated carbocycles. The van der Waals surface area contributed by atoms with Gasteiger partial charge in [0.2, 0.25) is 0 Å². The molecule has 80 valence electrons. The first-order valence-corrected chi connectivity index (χ1v) is 6.31. The van der Waals surface area contributed by atoms with Gasteiger partial charge in [0.25, 0.3) is 0 Å². The predicted molar refractivity (Wildman–Crippen MR) is 56.8 cm³/mol. The highest BCUT2D eigenvalue weighted by atomic mass is 16.3. The van der Waals surface area contributed by atoms with E-state index in [1.165, 1.54) is 25.7 Å². The van der Waals surface area contributed by atoms with Gasteiger partial charge in [0, 0.05) is 5.41 Å². The van der Waals surface area contributed by atoms with Crippen molar-refractivity contribution in [3.05, 3.63) is 0 Å². The zero-order chi connectivity index (χ0) is 10.1. The van der Waals surface area contributed by atoms with E-state index in [4.69, 9.17) is 0 Å². The summed E-state index contributed by atoms with van der Waals surface area (Å²) in [6.07, 6.45) is 5.38. The average Bonchev–Trinajstić information content (AvgIpc) is 2.67. The quantitative estimate of drug-likeness (QED) is 0.680. The van der Waals surface area contributed by atoms with Crippen LogP contribution in [-0.2, 0) is 0 Å². The van der Waals surface area contributed by atoms with Crippen molar-refractivity contribution >= 4 is 0 Å². The summed E-state index contributed by atoms with van der Waals surface area (Å²) in [5.41, 5.74) is 0.897. The molecule has 3 rings (SSSR count). The molecule has 6 unspecified atom stereocenters. The molecule has 0 amide bonds. The van der Waals surface area contributed by atoms with Crippen molar-refractivity contribution in [2.45, 2.75) is 52.6 Å². The standard InChI is InChI=1S/C13H22O/c1-4-12-8(2)6-5-7-13(12)10(9(12)3)11(13)14/h8-11,14H,4-7H2,1-3H3. The molecule has 0 bridgehead atoms. The van der Waals surface area contributed by atoms with Crippen molar-refractivity contribution in [2.24, 2.45) is 28.6 Å². The van der Waals surface area contributed by atoms with Crippen LogP contribution in [0, 0.1) is 28.6 Å². The van der Waals surface area contributed by atoms with Crippen LogP contribution in [0.5, 0.6) is 0 Å². The second kappa shape index (κ2) is 2.37. The third kappa shape index (κ3) is 0.599. The first kappa shape index (κ1) is 9.21.